The van der Waals surface area contributed by atoms with Gasteiger partial charge in [-0.1, -0.05) is 18.2 Å². The standard InChI is InChI=1S/C17H20N4O2S/c1-10-5-4-6-11(2)15(10)20-17(24)21-19-8-14-13(9-22)7-18-12(3)16(14)23/h4-8,22-23H,9H2,1-3H3,(H2,20,21,24)/b19-8+. The van der Waals surface area contributed by atoms with Crippen LogP contribution >= 0.6 is 12.2 Å². The number of hydrogen-bond acceptors (Lipinski definition) is 5. The van der Waals surface area contributed by atoms with Crippen LogP contribution in [0.5, 0.6) is 5.75 Å². The van der Waals surface area contributed by atoms with Crippen molar-refractivity contribution in [1.29, 1.82) is 0 Å². The number of nitrogens with zero attached hydrogens (tertiary/aromatic N) is 2. The third kappa shape index (κ3) is 4.06. The Morgan fingerprint density at radius 2 is 1.96 bits per heavy atom. The van der Waals surface area contributed by atoms with Gasteiger partial charge in [0.05, 0.1) is 18.5 Å². The molecule has 0 saturated carbocycles. The van der Waals surface area contributed by atoms with Crippen molar-refractivity contribution in [3.8, 4) is 5.75 Å². The summed E-state index contributed by atoms with van der Waals surface area (Å²) >= 11 is 5.23. The summed E-state index contributed by atoms with van der Waals surface area (Å²) < 4.78 is 0. The first-order valence-corrected chi connectivity index (χ1v) is 7.79. The minimum atomic E-state index is -0.243. The van der Waals surface area contributed by atoms with Gasteiger partial charge in [-0.2, -0.15) is 5.10 Å². The second kappa shape index (κ2) is 7.85. The third-order valence-electron chi connectivity index (χ3n) is 3.61. The minimum absolute atomic E-state index is 0.0132. The van der Waals surface area contributed by atoms with Crippen molar-refractivity contribution >= 4 is 29.2 Å². The van der Waals surface area contributed by atoms with Crippen LogP contribution in [0.15, 0.2) is 29.5 Å². The predicted octanol–water partition coefficient (Wildman–Crippen LogP) is 2.53. The van der Waals surface area contributed by atoms with Crippen LogP contribution in [0, 0.1) is 20.8 Å². The lowest BCUT2D eigenvalue weighted by Crippen LogP contribution is -2.24. The molecule has 0 aliphatic heterocycles. The summed E-state index contributed by atoms with van der Waals surface area (Å²) in [5, 5.41) is 26.8. The van der Waals surface area contributed by atoms with Gasteiger partial charge in [0.15, 0.2) is 5.11 Å². The molecule has 1 aromatic heterocycles. The molecule has 0 amide bonds. The second-order valence-electron chi connectivity index (χ2n) is 5.38. The van der Waals surface area contributed by atoms with Crippen molar-refractivity contribution in [3.05, 3.63) is 52.3 Å². The lowest BCUT2D eigenvalue weighted by molar-refractivity contribution is 0.280. The van der Waals surface area contributed by atoms with E-state index in [1.807, 2.05) is 32.0 Å². The molecule has 0 atom stereocenters. The number of aliphatic hydroxyl groups excluding tert-OH is 1. The van der Waals surface area contributed by atoms with Crippen LogP contribution in [0.25, 0.3) is 0 Å². The Morgan fingerprint density at radius 3 is 2.58 bits per heavy atom. The number of aliphatic hydroxyl groups is 1. The van der Waals surface area contributed by atoms with Crippen LogP contribution in [0.4, 0.5) is 5.69 Å². The molecule has 126 valence electrons. The molecule has 24 heavy (non-hydrogen) atoms. The van der Waals surface area contributed by atoms with E-state index >= 15 is 0 Å². The average molecular weight is 344 g/mol. The van der Waals surface area contributed by atoms with Crippen LogP contribution in [-0.2, 0) is 6.61 Å². The number of nitrogens with one attached hydrogen (secondary N) is 2. The summed E-state index contributed by atoms with van der Waals surface area (Å²) in [6.07, 6.45) is 2.91. The summed E-state index contributed by atoms with van der Waals surface area (Å²) in [6, 6.07) is 5.97. The SMILES string of the molecule is Cc1cccc(C)c1NC(=S)N/N=C/c1c(CO)cnc(C)c1O. The number of aryl methyl sites for hydroxylation is 3. The molecule has 0 aliphatic rings. The number of aromatic hydroxyl groups is 1. The highest BCUT2D eigenvalue weighted by Gasteiger charge is 2.09. The summed E-state index contributed by atoms with van der Waals surface area (Å²) in [5.41, 5.74) is 7.15. The van der Waals surface area contributed by atoms with Gasteiger partial charge in [0.2, 0.25) is 0 Å². The van der Waals surface area contributed by atoms with Gasteiger partial charge in [-0.25, -0.2) is 0 Å². The number of hydrogen-bond donors (Lipinski definition) is 4. The molecular weight excluding hydrogens is 324 g/mol. The first-order valence-electron chi connectivity index (χ1n) is 7.38. The Kier molecular flexibility index (Phi) is 5.83. The number of hydrazone groups is 1. The van der Waals surface area contributed by atoms with Gasteiger partial charge in [0.25, 0.3) is 0 Å². The van der Waals surface area contributed by atoms with Gasteiger partial charge in [0, 0.05) is 23.0 Å². The highest BCUT2D eigenvalue weighted by atomic mass is 32.1. The fourth-order valence-corrected chi connectivity index (χ4v) is 2.39. The van der Waals surface area contributed by atoms with E-state index in [0.717, 1.165) is 16.8 Å². The molecule has 0 saturated heterocycles. The first kappa shape index (κ1) is 17.8. The molecule has 2 rings (SSSR count). The number of rotatable bonds is 4. The summed E-state index contributed by atoms with van der Waals surface area (Å²) in [6.45, 7) is 5.42. The largest absolute Gasteiger partial charge is 0.505 e. The molecule has 0 bridgehead atoms. The maximum absolute atomic E-state index is 10.0. The molecule has 4 N–H and O–H groups in total. The Morgan fingerprint density at radius 1 is 1.29 bits per heavy atom. The molecule has 0 fully saturated rings. The molecule has 0 unspecified atom stereocenters. The first-order chi connectivity index (χ1) is 11.4. The highest BCUT2D eigenvalue weighted by Crippen LogP contribution is 2.22. The van der Waals surface area contributed by atoms with Crippen LogP contribution in [0.1, 0.15) is 27.9 Å². The molecular formula is C17H20N4O2S. The fraction of sp³-hybridized carbons (Fsp3) is 0.235. The van der Waals surface area contributed by atoms with E-state index in [9.17, 15) is 10.2 Å². The number of para-hydroxylation sites is 1. The van der Waals surface area contributed by atoms with E-state index in [-0.39, 0.29) is 12.4 Å². The van der Waals surface area contributed by atoms with Crippen LogP contribution in [-0.4, -0.2) is 26.5 Å². The fourth-order valence-electron chi connectivity index (χ4n) is 2.23. The second-order valence-corrected chi connectivity index (χ2v) is 5.79. The Bertz CT molecular complexity index is 770. The van der Waals surface area contributed by atoms with Gasteiger partial charge < -0.3 is 15.5 Å². The van der Waals surface area contributed by atoms with Crippen molar-refractivity contribution in [3.63, 3.8) is 0 Å². The maximum Gasteiger partial charge on any atom is 0.191 e. The van der Waals surface area contributed by atoms with Crippen molar-refractivity contribution in [1.82, 2.24) is 10.4 Å². The van der Waals surface area contributed by atoms with Gasteiger partial charge in [0.1, 0.15) is 5.75 Å². The van der Waals surface area contributed by atoms with Crippen LogP contribution in [0.3, 0.4) is 0 Å². The molecule has 0 spiro atoms. The Hall–Kier alpha value is -2.51. The van der Waals surface area contributed by atoms with E-state index in [2.05, 4.69) is 20.8 Å². The van der Waals surface area contributed by atoms with E-state index in [0.29, 0.717) is 21.9 Å². The monoisotopic (exact) mass is 344 g/mol. The average Bonchev–Trinajstić information content (AvgIpc) is 2.55. The van der Waals surface area contributed by atoms with Crippen molar-refractivity contribution in [2.45, 2.75) is 27.4 Å². The number of pyridine rings is 1. The molecule has 1 aromatic carbocycles. The zero-order chi connectivity index (χ0) is 17.7. The predicted molar refractivity (Wildman–Crippen MR) is 99.4 cm³/mol. The van der Waals surface area contributed by atoms with E-state index in [1.165, 1.54) is 12.4 Å². The topological polar surface area (TPSA) is 89.8 Å². The number of benzene rings is 1. The maximum atomic E-state index is 10.0. The van der Waals surface area contributed by atoms with Gasteiger partial charge in [-0.3, -0.25) is 10.4 Å². The molecule has 1 heterocycles. The Labute approximate surface area is 146 Å². The van der Waals surface area contributed by atoms with Crippen molar-refractivity contribution < 1.29 is 10.2 Å². The lowest BCUT2D eigenvalue weighted by Gasteiger charge is -2.12. The van der Waals surface area contributed by atoms with Crippen molar-refractivity contribution in [2.75, 3.05) is 5.32 Å². The highest BCUT2D eigenvalue weighted by molar-refractivity contribution is 7.80. The van der Waals surface area contributed by atoms with Gasteiger partial charge in [-0.05, 0) is 44.1 Å². The third-order valence-corrected chi connectivity index (χ3v) is 3.80. The number of thiocarbonyl (C=S) groups is 1. The van der Waals surface area contributed by atoms with E-state index < -0.39 is 0 Å². The zero-order valence-corrected chi connectivity index (χ0v) is 14.6. The molecule has 6 nitrogen and oxygen atoms in total. The smallest absolute Gasteiger partial charge is 0.191 e. The van der Waals surface area contributed by atoms with Crippen LogP contribution in [0.2, 0.25) is 0 Å². The summed E-state index contributed by atoms with van der Waals surface area (Å²) in [7, 11) is 0. The summed E-state index contributed by atoms with van der Waals surface area (Å²) in [5.74, 6) is -0.0132. The molecule has 2 aromatic rings. The quantitative estimate of drug-likeness (QED) is 0.387. The van der Waals surface area contributed by atoms with Crippen molar-refractivity contribution in [2.24, 2.45) is 5.10 Å². The number of anilines is 1. The lowest BCUT2D eigenvalue weighted by atomic mass is 10.1. The Balaban J connectivity index is 2.10. The normalized spacial score (nSPS) is 10.8. The van der Waals surface area contributed by atoms with Gasteiger partial charge >= 0.3 is 0 Å². The minimum Gasteiger partial charge on any atom is -0.505 e. The molecule has 0 aliphatic carbocycles. The van der Waals surface area contributed by atoms with Gasteiger partial charge in [-0.15, -0.1) is 0 Å². The molecule has 7 heteroatoms. The van der Waals surface area contributed by atoms with E-state index in [4.69, 9.17) is 12.2 Å². The van der Waals surface area contributed by atoms with E-state index in [1.54, 1.807) is 6.92 Å². The van der Waals surface area contributed by atoms with Crippen LogP contribution < -0.4 is 10.7 Å². The zero-order valence-electron chi connectivity index (χ0n) is 13.8. The number of aromatic nitrogens is 1. The summed E-state index contributed by atoms with van der Waals surface area (Å²) in [4.78, 5) is 4.00. The molecule has 0 radical (unpaired) electrons.